The van der Waals surface area contributed by atoms with Gasteiger partial charge in [-0.2, -0.15) is 0 Å². The van der Waals surface area contributed by atoms with Crippen LogP contribution in [0.4, 0.5) is 0 Å². The van der Waals surface area contributed by atoms with Crippen molar-refractivity contribution >= 4 is 21.8 Å². The Hall–Kier alpha value is -3.08. The van der Waals surface area contributed by atoms with Gasteiger partial charge < -0.3 is 14.3 Å². The van der Waals surface area contributed by atoms with Crippen LogP contribution < -0.4 is 10.3 Å². The molecule has 0 saturated heterocycles. The summed E-state index contributed by atoms with van der Waals surface area (Å²) in [5.74, 6) is 0.598. The molecule has 5 heteroatoms. The van der Waals surface area contributed by atoms with Gasteiger partial charge in [0, 0.05) is 41.8 Å². The number of benzene rings is 1. The second-order valence-electron chi connectivity index (χ2n) is 5.49. The second kappa shape index (κ2) is 4.98. The molecule has 23 heavy (non-hydrogen) atoms. The summed E-state index contributed by atoms with van der Waals surface area (Å²) in [5.41, 5.74) is 3.54. The number of rotatable bonds is 2. The molecule has 4 rings (SSSR count). The lowest BCUT2D eigenvalue weighted by Crippen LogP contribution is -2.16. The topological polar surface area (TPSA) is 59.9 Å². The molecule has 0 aliphatic heterocycles. The molecular formula is C18H15N3O2. The maximum Gasteiger partial charge on any atom is 0.274 e. The Morgan fingerprint density at radius 3 is 2.87 bits per heavy atom. The zero-order valence-corrected chi connectivity index (χ0v) is 12.8. The minimum atomic E-state index is -0.0269. The van der Waals surface area contributed by atoms with E-state index in [0.29, 0.717) is 11.4 Å². The first-order valence-electron chi connectivity index (χ1n) is 7.29. The Morgan fingerprint density at radius 1 is 1.17 bits per heavy atom. The van der Waals surface area contributed by atoms with Crippen LogP contribution in [-0.2, 0) is 7.05 Å². The first kappa shape index (κ1) is 13.6. The molecule has 0 saturated carbocycles. The molecule has 0 atom stereocenters. The Morgan fingerprint density at radius 2 is 2.04 bits per heavy atom. The SMILES string of the molecule is COc1ccc2cc(-c3cn(C)c(=O)c4[nH]ccc34)ccc2n1. The van der Waals surface area contributed by atoms with Gasteiger partial charge in [0.2, 0.25) is 5.88 Å². The van der Waals surface area contributed by atoms with E-state index in [1.54, 1.807) is 24.9 Å². The molecule has 0 unspecified atom stereocenters. The molecule has 0 fully saturated rings. The van der Waals surface area contributed by atoms with Crippen molar-refractivity contribution in [3.05, 3.63) is 59.1 Å². The van der Waals surface area contributed by atoms with Crippen LogP contribution in [0.5, 0.6) is 5.88 Å². The fourth-order valence-corrected chi connectivity index (χ4v) is 2.89. The van der Waals surface area contributed by atoms with Crippen LogP contribution in [0.3, 0.4) is 0 Å². The van der Waals surface area contributed by atoms with Gasteiger partial charge in [-0.25, -0.2) is 4.98 Å². The molecule has 0 amide bonds. The fraction of sp³-hybridized carbons (Fsp3) is 0.111. The molecule has 0 aliphatic carbocycles. The van der Waals surface area contributed by atoms with Gasteiger partial charge in [0.15, 0.2) is 0 Å². The lowest BCUT2D eigenvalue weighted by molar-refractivity contribution is 0.399. The molecule has 0 aliphatic rings. The van der Waals surface area contributed by atoms with Crippen molar-refractivity contribution in [1.29, 1.82) is 0 Å². The Kier molecular flexibility index (Phi) is 2.94. The number of nitrogens with zero attached hydrogens (tertiary/aromatic N) is 2. The van der Waals surface area contributed by atoms with Crippen LogP contribution in [0.2, 0.25) is 0 Å². The van der Waals surface area contributed by atoms with Crippen LogP contribution in [0, 0.1) is 0 Å². The molecule has 3 heterocycles. The highest BCUT2D eigenvalue weighted by atomic mass is 16.5. The Balaban J connectivity index is 1.97. The summed E-state index contributed by atoms with van der Waals surface area (Å²) in [5, 5.41) is 1.95. The van der Waals surface area contributed by atoms with Crippen molar-refractivity contribution in [3.63, 3.8) is 0 Å². The van der Waals surface area contributed by atoms with Crippen LogP contribution in [0.15, 0.2) is 53.6 Å². The largest absolute Gasteiger partial charge is 0.481 e. The summed E-state index contributed by atoms with van der Waals surface area (Å²) in [6.07, 6.45) is 3.67. The highest BCUT2D eigenvalue weighted by Gasteiger charge is 2.10. The average Bonchev–Trinajstić information content (AvgIpc) is 3.07. The third-order valence-electron chi connectivity index (χ3n) is 4.08. The summed E-state index contributed by atoms with van der Waals surface area (Å²) in [4.78, 5) is 19.6. The maximum absolute atomic E-state index is 12.2. The predicted octanol–water partition coefficient (Wildman–Crippen LogP) is 3.09. The quantitative estimate of drug-likeness (QED) is 0.619. The van der Waals surface area contributed by atoms with Gasteiger partial charge in [-0.15, -0.1) is 0 Å². The van der Waals surface area contributed by atoms with Gasteiger partial charge in [-0.1, -0.05) is 6.07 Å². The van der Waals surface area contributed by atoms with Gasteiger partial charge in [0.1, 0.15) is 5.52 Å². The number of fused-ring (bicyclic) bond motifs is 2. The van der Waals surface area contributed by atoms with Gasteiger partial charge in [0.05, 0.1) is 12.6 Å². The normalized spacial score (nSPS) is 11.2. The average molecular weight is 305 g/mol. The number of nitrogens with one attached hydrogen (secondary N) is 1. The number of H-pyrrole nitrogens is 1. The van der Waals surface area contributed by atoms with Crippen molar-refractivity contribution < 1.29 is 4.74 Å². The smallest absolute Gasteiger partial charge is 0.274 e. The summed E-state index contributed by atoms with van der Waals surface area (Å²) >= 11 is 0. The van der Waals surface area contributed by atoms with Crippen LogP contribution in [0.25, 0.3) is 32.9 Å². The lowest BCUT2D eigenvalue weighted by Gasteiger charge is -2.08. The number of methoxy groups -OCH3 is 1. The lowest BCUT2D eigenvalue weighted by atomic mass is 10.0. The van der Waals surface area contributed by atoms with Crippen LogP contribution in [0.1, 0.15) is 0 Å². The van der Waals surface area contributed by atoms with Crippen molar-refractivity contribution in [2.24, 2.45) is 7.05 Å². The Bertz CT molecular complexity index is 1090. The zero-order valence-electron chi connectivity index (χ0n) is 12.8. The summed E-state index contributed by atoms with van der Waals surface area (Å²) in [6, 6.07) is 11.8. The number of aromatic nitrogens is 3. The number of aromatic amines is 1. The fourth-order valence-electron chi connectivity index (χ4n) is 2.89. The van der Waals surface area contributed by atoms with Crippen molar-refractivity contribution in [2.75, 3.05) is 7.11 Å². The molecule has 4 aromatic rings. The monoisotopic (exact) mass is 305 g/mol. The first-order valence-corrected chi connectivity index (χ1v) is 7.29. The second-order valence-corrected chi connectivity index (χ2v) is 5.49. The number of pyridine rings is 2. The van der Waals surface area contributed by atoms with E-state index in [9.17, 15) is 4.79 Å². The van der Waals surface area contributed by atoms with E-state index in [1.165, 1.54) is 0 Å². The minimum absolute atomic E-state index is 0.0269. The molecule has 0 bridgehead atoms. The van der Waals surface area contributed by atoms with E-state index in [0.717, 1.165) is 27.4 Å². The van der Waals surface area contributed by atoms with E-state index < -0.39 is 0 Å². The third-order valence-corrected chi connectivity index (χ3v) is 4.08. The number of hydrogen-bond donors (Lipinski definition) is 1. The van der Waals surface area contributed by atoms with Gasteiger partial charge in [0.25, 0.3) is 5.56 Å². The Labute approximate surface area is 132 Å². The molecule has 3 aromatic heterocycles. The van der Waals surface area contributed by atoms with Gasteiger partial charge >= 0.3 is 0 Å². The molecule has 1 aromatic carbocycles. The molecule has 5 nitrogen and oxygen atoms in total. The molecular weight excluding hydrogens is 290 g/mol. The van der Waals surface area contributed by atoms with E-state index >= 15 is 0 Å². The van der Waals surface area contributed by atoms with Gasteiger partial charge in [-0.3, -0.25) is 4.79 Å². The number of hydrogen-bond acceptors (Lipinski definition) is 3. The van der Waals surface area contributed by atoms with Crippen LogP contribution in [-0.4, -0.2) is 21.6 Å². The van der Waals surface area contributed by atoms with E-state index in [-0.39, 0.29) is 5.56 Å². The molecule has 1 N–H and O–H groups in total. The highest BCUT2D eigenvalue weighted by Crippen LogP contribution is 2.29. The van der Waals surface area contributed by atoms with Crippen molar-refractivity contribution in [3.8, 4) is 17.0 Å². The minimum Gasteiger partial charge on any atom is -0.481 e. The number of aryl methyl sites for hydroxylation is 1. The van der Waals surface area contributed by atoms with E-state index in [4.69, 9.17) is 4.74 Å². The zero-order chi connectivity index (χ0) is 16.0. The molecule has 114 valence electrons. The maximum atomic E-state index is 12.2. The standard InChI is InChI=1S/C18H15N3O2/c1-21-10-14(13-7-8-19-17(13)18(21)22)11-3-5-15-12(9-11)4-6-16(20-15)23-2/h3-10,19H,1-2H3. The predicted molar refractivity (Wildman–Crippen MR) is 90.8 cm³/mol. The highest BCUT2D eigenvalue weighted by molar-refractivity contribution is 5.96. The van der Waals surface area contributed by atoms with E-state index in [2.05, 4.69) is 16.0 Å². The summed E-state index contributed by atoms with van der Waals surface area (Å²) in [7, 11) is 3.37. The van der Waals surface area contributed by atoms with Crippen LogP contribution >= 0.6 is 0 Å². The van der Waals surface area contributed by atoms with Crippen molar-refractivity contribution in [2.45, 2.75) is 0 Å². The molecule has 0 radical (unpaired) electrons. The van der Waals surface area contributed by atoms with Gasteiger partial charge in [-0.05, 0) is 29.8 Å². The van der Waals surface area contributed by atoms with E-state index in [1.807, 2.05) is 36.5 Å². The van der Waals surface area contributed by atoms with Crippen molar-refractivity contribution in [1.82, 2.24) is 14.5 Å². The summed E-state index contributed by atoms with van der Waals surface area (Å²) < 4.78 is 6.76. The summed E-state index contributed by atoms with van der Waals surface area (Å²) in [6.45, 7) is 0. The first-order chi connectivity index (χ1) is 11.2. The third kappa shape index (κ3) is 2.09. The number of ether oxygens (including phenoxy) is 1. The molecule has 0 spiro atoms.